The SMILES string of the molecule is CC(CNC(=O)c1cccc(CN2CCCC2)c1)N(C)c1ccccc1. The number of benzene rings is 2. The fourth-order valence-electron chi connectivity index (χ4n) is 3.41. The van der Waals surface area contributed by atoms with E-state index >= 15 is 0 Å². The van der Waals surface area contributed by atoms with Crippen molar-refractivity contribution in [3.63, 3.8) is 0 Å². The summed E-state index contributed by atoms with van der Waals surface area (Å²) in [7, 11) is 2.06. The van der Waals surface area contributed by atoms with Gasteiger partial charge in [-0.25, -0.2) is 0 Å². The van der Waals surface area contributed by atoms with Crippen LogP contribution in [0.15, 0.2) is 54.6 Å². The normalized spacial score (nSPS) is 15.6. The summed E-state index contributed by atoms with van der Waals surface area (Å²) >= 11 is 0. The summed E-state index contributed by atoms with van der Waals surface area (Å²) in [5, 5.41) is 3.08. The molecule has 0 spiro atoms. The number of hydrogen-bond acceptors (Lipinski definition) is 3. The van der Waals surface area contributed by atoms with Gasteiger partial charge in [0.15, 0.2) is 0 Å². The Kier molecular flexibility index (Phi) is 6.29. The molecule has 1 heterocycles. The van der Waals surface area contributed by atoms with Gasteiger partial charge in [-0.3, -0.25) is 9.69 Å². The summed E-state index contributed by atoms with van der Waals surface area (Å²) in [5.74, 6) is 0.00147. The summed E-state index contributed by atoms with van der Waals surface area (Å²) in [5.41, 5.74) is 3.12. The molecule has 0 saturated carbocycles. The second-order valence-corrected chi connectivity index (χ2v) is 7.19. The lowest BCUT2D eigenvalue weighted by atomic mass is 10.1. The summed E-state index contributed by atoms with van der Waals surface area (Å²) < 4.78 is 0. The predicted molar refractivity (Wildman–Crippen MR) is 108 cm³/mol. The molecule has 2 aromatic carbocycles. The van der Waals surface area contributed by atoms with Gasteiger partial charge in [0, 0.05) is 37.4 Å². The van der Waals surface area contributed by atoms with Gasteiger partial charge in [0.2, 0.25) is 0 Å². The Morgan fingerprint density at radius 1 is 1.12 bits per heavy atom. The first-order valence-corrected chi connectivity index (χ1v) is 9.51. The Morgan fingerprint density at radius 2 is 1.85 bits per heavy atom. The van der Waals surface area contributed by atoms with Crippen LogP contribution in [-0.4, -0.2) is 43.5 Å². The van der Waals surface area contributed by atoms with Crippen molar-refractivity contribution in [2.24, 2.45) is 0 Å². The second-order valence-electron chi connectivity index (χ2n) is 7.19. The quantitative estimate of drug-likeness (QED) is 0.829. The Morgan fingerprint density at radius 3 is 2.58 bits per heavy atom. The molecule has 1 fully saturated rings. The lowest BCUT2D eigenvalue weighted by molar-refractivity contribution is 0.0951. The van der Waals surface area contributed by atoms with E-state index in [9.17, 15) is 4.79 Å². The number of likely N-dealkylation sites (tertiary alicyclic amines) is 1. The van der Waals surface area contributed by atoms with E-state index in [2.05, 4.69) is 47.3 Å². The minimum atomic E-state index is 0.00147. The highest BCUT2D eigenvalue weighted by atomic mass is 16.1. The van der Waals surface area contributed by atoms with E-state index < -0.39 is 0 Å². The molecule has 0 aromatic heterocycles. The maximum absolute atomic E-state index is 12.6. The van der Waals surface area contributed by atoms with Crippen molar-refractivity contribution in [2.75, 3.05) is 31.6 Å². The van der Waals surface area contributed by atoms with E-state index in [0.717, 1.165) is 17.8 Å². The van der Waals surface area contributed by atoms with Crippen molar-refractivity contribution in [1.82, 2.24) is 10.2 Å². The third kappa shape index (κ3) is 4.85. The van der Waals surface area contributed by atoms with Crippen molar-refractivity contribution < 1.29 is 4.79 Å². The standard InChI is InChI=1S/C22H29N3O/c1-18(24(2)21-11-4-3-5-12-21)16-23-22(26)20-10-8-9-19(15-20)17-25-13-6-7-14-25/h3-5,8-12,15,18H,6-7,13-14,16-17H2,1-2H3,(H,23,26). The van der Waals surface area contributed by atoms with E-state index in [1.807, 2.05) is 36.4 Å². The van der Waals surface area contributed by atoms with Crippen molar-refractivity contribution in [2.45, 2.75) is 32.4 Å². The summed E-state index contributed by atoms with van der Waals surface area (Å²) in [6.07, 6.45) is 2.57. The van der Waals surface area contributed by atoms with Gasteiger partial charge in [0.25, 0.3) is 5.91 Å². The lowest BCUT2D eigenvalue weighted by Crippen LogP contribution is -2.40. The first-order chi connectivity index (χ1) is 12.6. The highest BCUT2D eigenvalue weighted by molar-refractivity contribution is 5.94. The van der Waals surface area contributed by atoms with Crippen LogP contribution in [0.2, 0.25) is 0 Å². The molecule has 1 aliphatic rings. The molecule has 2 aromatic rings. The number of amides is 1. The smallest absolute Gasteiger partial charge is 0.251 e. The fraction of sp³-hybridized carbons (Fsp3) is 0.409. The molecule has 1 atom stereocenters. The molecule has 138 valence electrons. The highest BCUT2D eigenvalue weighted by Crippen LogP contribution is 2.15. The maximum Gasteiger partial charge on any atom is 0.251 e. The van der Waals surface area contributed by atoms with Crippen molar-refractivity contribution in [1.29, 1.82) is 0 Å². The third-order valence-corrected chi connectivity index (χ3v) is 5.18. The molecule has 1 unspecified atom stereocenters. The molecule has 0 bridgehead atoms. The topological polar surface area (TPSA) is 35.6 Å². The average Bonchev–Trinajstić information content (AvgIpc) is 3.19. The molecule has 4 nitrogen and oxygen atoms in total. The maximum atomic E-state index is 12.6. The molecule has 3 rings (SSSR count). The van der Waals surface area contributed by atoms with E-state index in [4.69, 9.17) is 0 Å². The molecular weight excluding hydrogens is 322 g/mol. The Balaban J connectivity index is 1.54. The van der Waals surface area contributed by atoms with Crippen LogP contribution in [0.1, 0.15) is 35.7 Å². The largest absolute Gasteiger partial charge is 0.370 e. The van der Waals surface area contributed by atoms with Crippen LogP contribution >= 0.6 is 0 Å². The van der Waals surface area contributed by atoms with Gasteiger partial charge < -0.3 is 10.2 Å². The molecular formula is C22H29N3O. The second kappa shape index (κ2) is 8.86. The number of anilines is 1. The van der Waals surface area contributed by atoms with E-state index in [1.165, 1.54) is 31.5 Å². The summed E-state index contributed by atoms with van der Waals surface area (Å²) in [6, 6.07) is 18.5. The lowest BCUT2D eigenvalue weighted by Gasteiger charge is -2.27. The molecule has 4 heteroatoms. The monoisotopic (exact) mass is 351 g/mol. The van der Waals surface area contributed by atoms with Crippen LogP contribution in [0.5, 0.6) is 0 Å². The number of carbonyl (C=O) groups excluding carboxylic acids is 1. The molecule has 1 amide bonds. The predicted octanol–water partition coefficient (Wildman–Crippen LogP) is 3.54. The Bertz CT molecular complexity index is 710. The van der Waals surface area contributed by atoms with Crippen molar-refractivity contribution in [3.8, 4) is 0 Å². The zero-order valence-corrected chi connectivity index (χ0v) is 15.8. The number of para-hydroxylation sites is 1. The van der Waals surface area contributed by atoms with Crippen LogP contribution in [0.3, 0.4) is 0 Å². The van der Waals surface area contributed by atoms with Crippen LogP contribution in [0.25, 0.3) is 0 Å². The molecule has 1 aliphatic heterocycles. The van der Waals surface area contributed by atoms with E-state index in [-0.39, 0.29) is 11.9 Å². The van der Waals surface area contributed by atoms with Crippen LogP contribution in [0.4, 0.5) is 5.69 Å². The zero-order valence-electron chi connectivity index (χ0n) is 15.8. The number of carbonyl (C=O) groups is 1. The van der Waals surface area contributed by atoms with E-state index in [1.54, 1.807) is 0 Å². The van der Waals surface area contributed by atoms with E-state index in [0.29, 0.717) is 6.54 Å². The van der Waals surface area contributed by atoms with Gasteiger partial charge in [0.1, 0.15) is 0 Å². The fourth-order valence-corrected chi connectivity index (χ4v) is 3.41. The first-order valence-electron chi connectivity index (χ1n) is 9.51. The van der Waals surface area contributed by atoms with Gasteiger partial charge in [-0.15, -0.1) is 0 Å². The molecule has 0 radical (unpaired) electrons. The van der Waals surface area contributed by atoms with Crippen LogP contribution in [0, 0.1) is 0 Å². The van der Waals surface area contributed by atoms with Crippen molar-refractivity contribution in [3.05, 3.63) is 65.7 Å². The van der Waals surface area contributed by atoms with Crippen LogP contribution in [-0.2, 0) is 6.54 Å². The number of nitrogens with one attached hydrogen (secondary N) is 1. The highest BCUT2D eigenvalue weighted by Gasteiger charge is 2.14. The number of rotatable bonds is 7. The van der Waals surface area contributed by atoms with Crippen molar-refractivity contribution >= 4 is 11.6 Å². The van der Waals surface area contributed by atoms with Gasteiger partial charge in [-0.1, -0.05) is 30.3 Å². The number of likely N-dealkylation sites (N-methyl/N-ethyl adjacent to an activating group) is 1. The summed E-state index contributed by atoms with van der Waals surface area (Å²) in [4.78, 5) is 17.2. The molecule has 1 N–H and O–H groups in total. The third-order valence-electron chi connectivity index (χ3n) is 5.18. The number of nitrogens with zero attached hydrogens (tertiary/aromatic N) is 2. The average molecular weight is 351 g/mol. The van der Waals surface area contributed by atoms with Gasteiger partial charge >= 0.3 is 0 Å². The molecule has 0 aliphatic carbocycles. The molecule has 1 saturated heterocycles. The molecule has 26 heavy (non-hydrogen) atoms. The minimum absolute atomic E-state index is 0.00147. The zero-order chi connectivity index (χ0) is 18.4. The summed E-state index contributed by atoms with van der Waals surface area (Å²) in [6.45, 7) is 6.01. The van der Waals surface area contributed by atoms with Gasteiger partial charge in [0.05, 0.1) is 0 Å². The Hall–Kier alpha value is -2.33. The number of hydrogen-bond donors (Lipinski definition) is 1. The van der Waals surface area contributed by atoms with Gasteiger partial charge in [-0.05, 0) is 62.7 Å². The van der Waals surface area contributed by atoms with Crippen LogP contribution < -0.4 is 10.2 Å². The first kappa shape index (κ1) is 18.5. The van der Waals surface area contributed by atoms with Gasteiger partial charge in [-0.2, -0.15) is 0 Å². The minimum Gasteiger partial charge on any atom is -0.370 e. The Labute approximate surface area is 156 Å².